The predicted octanol–water partition coefficient (Wildman–Crippen LogP) is 4.77. The number of nitrogens with zero attached hydrogens (tertiary/aromatic N) is 1. The lowest BCUT2D eigenvalue weighted by Gasteiger charge is -2.36. The van der Waals surface area contributed by atoms with Crippen molar-refractivity contribution in [2.24, 2.45) is 0 Å². The third-order valence-electron chi connectivity index (χ3n) is 4.08. The van der Waals surface area contributed by atoms with Crippen LogP contribution in [-0.4, -0.2) is 31.1 Å². The van der Waals surface area contributed by atoms with Crippen molar-refractivity contribution in [2.45, 2.75) is 39.2 Å². The average molecular weight is 372 g/mol. The maximum absolute atomic E-state index is 14.6. The van der Waals surface area contributed by atoms with Gasteiger partial charge in [0.25, 0.3) is 0 Å². The van der Waals surface area contributed by atoms with E-state index in [1.165, 1.54) is 0 Å². The zero-order valence-corrected chi connectivity index (χ0v) is 15.6. The molecule has 0 spiro atoms. The lowest BCUT2D eigenvalue weighted by Crippen LogP contribution is -2.45. The van der Waals surface area contributed by atoms with E-state index >= 15 is 0 Å². The summed E-state index contributed by atoms with van der Waals surface area (Å²) in [5.74, 6) is -0.128. The first-order valence-electron chi connectivity index (χ1n) is 7.54. The molecule has 1 N–H and O–H groups in total. The van der Waals surface area contributed by atoms with E-state index in [0.717, 1.165) is 45.4 Å². The van der Waals surface area contributed by atoms with Gasteiger partial charge in [-0.1, -0.05) is 37.4 Å². The number of rotatable bonds is 5. The van der Waals surface area contributed by atoms with Crippen molar-refractivity contribution in [3.05, 3.63) is 34.1 Å². The van der Waals surface area contributed by atoms with Gasteiger partial charge in [-0.25, -0.2) is 4.39 Å². The van der Waals surface area contributed by atoms with Crippen LogP contribution in [0.1, 0.15) is 43.4 Å². The molecule has 128 valence electrons. The Morgan fingerprint density at radius 2 is 1.91 bits per heavy atom. The molecule has 0 radical (unpaired) electrons. The molecule has 1 aliphatic rings. The van der Waals surface area contributed by atoms with Gasteiger partial charge < -0.3 is 5.32 Å². The van der Waals surface area contributed by atoms with Crippen molar-refractivity contribution >= 4 is 36.4 Å². The van der Waals surface area contributed by atoms with Crippen LogP contribution in [0, 0.1) is 12.7 Å². The van der Waals surface area contributed by atoms with Crippen molar-refractivity contribution < 1.29 is 4.39 Å². The molecule has 22 heavy (non-hydrogen) atoms. The second-order valence-corrected chi connectivity index (χ2v) is 5.94. The summed E-state index contributed by atoms with van der Waals surface area (Å²) in [5, 5.41) is 3.91. The van der Waals surface area contributed by atoms with E-state index in [0.29, 0.717) is 16.1 Å². The van der Waals surface area contributed by atoms with Crippen LogP contribution >= 0.6 is 36.4 Å². The molecule has 0 bridgehead atoms. The van der Waals surface area contributed by atoms with Gasteiger partial charge in [0.1, 0.15) is 5.82 Å². The van der Waals surface area contributed by atoms with E-state index in [9.17, 15) is 4.39 Å². The Bertz CT molecular complexity index is 451. The number of nitrogens with one attached hydrogen (secondary N) is 1. The molecule has 1 aromatic rings. The molecule has 1 atom stereocenters. The van der Waals surface area contributed by atoms with Gasteiger partial charge in [0.2, 0.25) is 0 Å². The van der Waals surface area contributed by atoms with Crippen molar-refractivity contribution in [1.82, 2.24) is 10.2 Å². The van der Waals surface area contributed by atoms with Crippen LogP contribution in [0.15, 0.2) is 12.1 Å². The highest BCUT2D eigenvalue weighted by Gasteiger charge is 2.26. The van der Waals surface area contributed by atoms with Crippen molar-refractivity contribution in [3.63, 3.8) is 0 Å². The fourth-order valence-corrected chi connectivity index (χ4v) is 3.16. The molecule has 0 aliphatic carbocycles. The van der Waals surface area contributed by atoms with E-state index in [1.54, 1.807) is 6.07 Å². The summed E-state index contributed by atoms with van der Waals surface area (Å²) < 4.78 is 14.6. The second-order valence-electron chi connectivity index (χ2n) is 5.54. The van der Waals surface area contributed by atoms with E-state index in [2.05, 4.69) is 17.1 Å². The molecule has 2 rings (SSSR count). The zero-order chi connectivity index (χ0) is 14.5. The molecule has 0 aromatic heterocycles. The second kappa shape index (κ2) is 10.7. The molecule has 1 aliphatic heterocycles. The van der Waals surface area contributed by atoms with E-state index in [-0.39, 0.29) is 36.7 Å². The van der Waals surface area contributed by atoms with Crippen LogP contribution in [0.4, 0.5) is 4.39 Å². The van der Waals surface area contributed by atoms with E-state index < -0.39 is 0 Å². The molecule has 0 unspecified atom stereocenters. The summed E-state index contributed by atoms with van der Waals surface area (Å²) in [6.07, 6.45) is 3.18. The van der Waals surface area contributed by atoms with Gasteiger partial charge in [-0.15, -0.1) is 24.8 Å². The Morgan fingerprint density at radius 3 is 2.50 bits per heavy atom. The highest BCUT2D eigenvalue weighted by Crippen LogP contribution is 2.35. The summed E-state index contributed by atoms with van der Waals surface area (Å²) in [7, 11) is 0. The molecular weight excluding hydrogens is 346 g/mol. The number of hydrogen-bond acceptors (Lipinski definition) is 2. The van der Waals surface area contributed by atoms with Gasteiger partial charge in [-0.3, -0.25) is 4.90 Å². The molecule has 0 saturated carbocycles. The normalized spacial score (nSPS) is 16.5. The van der Waals surface area contributed by atoms with Crippen LogP contribution in [0.3, 0.4) is 0 Å². The summed E-state index contributed by atoms with van der Waals surface area (Å²) in [5.41, 5.74) is 1.38. The Labute approximate surface area is 150 Å². The van der Waals surface area contributed by atoms with Gasteiger partial charge in [-0.2, -0.15) is 0 Å². The van der Waals surface area contributed by atoms with Crippen LogP contribution in [0.5, 0.6) is 0 Å². The highest BCUT2D eigenvalue weighted by atomic mass is 35.5. The number of unbranched alkanes of at least 4 members (excludes halogenated alkanes) is 1. The maximum atomic E-state index is 14.6. The number of halogens is 4. The largest absolute Gasteiger partial charge is 0.314 e. The summed E-state index contributed by atoms with van der Waals surface area (Å²) in [4.78, 5) is 2.37. The Hall–Kier alpha value is -0.0600. The number of benzene rings is 1. The van der Waals surface area contributed by atoms with Gasteiger partial charge in [0.05, 0.1) is 0 Å². The molecule has 1 saturated heterocycles. The molecule has 6 heteroatoms. The highest BCUT2D eigenvalue weighted by molar-refractivity contribution is 6.31. The predicted molar refractivity (Wildman–Crippen MR) is 97.4 cm³/mol. The van der Waals surface area contributed by atoms with Crippen LogP contribution in [0.25, 0.3) is 0 Å². The molecular formula is C16H26Cl3FN2. The fraction of sp³-hybridized carbons (Fsp3) is 0.625. The molecule has 1 fully saturated rings. The Kier molecular flexibility index (Phi) is 10.6. The topological polar surface area (TPSA) is 15.3 Å². The lowest BCUT2D eigenvalue weighted by molar-refractivity contribution is 0.160. The molecule has 1 aromatic carbocycles. The van der Waals surface area contributed by atoms with Gasteiger partial charge in [0, 0.05) is 42.8 Å². The maximum Gasteiger partial charge on any atom is 0.132 e. The van der Waals surface area contributed by atoms with Gasteiger partial charge in [-0.05, 0) is 25.0 Å². The van der Waals surface area contributed by atoms with E-state index in [1.807, 2.05) is 13.0 Å². The lowest BCUT2D eigenvalue weighted by atomic mass is 9.96. The Morgan fingerprint density at radius 1 is 1.27 bits per heavy atom. The quantitative estimate of drug-likeness (QED) is 0.802. The SMILES string of the molecule is CCCC[C@@H](c1c(Cl)ccc(C)c1F)N1CCNCC1.Cl.Cl. The third-order valence-corrected chi connectivity index (χ3v) is 4.41. The average Bonchev–Trinajstić information content (AvgIpc) is 2.47. The van der Waals surface area contributed by atoms with Crippen molar-refractivity contribution in [3.8, 4) is 0 Å². The van der Waals surface area contributed by atoms with Crippen LogP contribution in [0.2, 0.25) is 5.02 Å². The molecule has 2 nitrogen and oxygen atoms in total. The first-order chi connectivity index (χ1) is 9.65. The zero-order valence-electron chi connectivity index (χ0n) is 13.2. The monoisotopic (exact) mass is 370 g/mol. The fourth-order valence-electron chi connectivity index (χ4n) is 2.88. The third kappa shape index (κ3) is 5.24. The minimum Gasteiger partial charge on any atom is -0.314 e. The first kappa shape index (κ1) is 21.9. The first-order valence-corrected chi connectivity index (χ1v) is 7.92. The minimum absolute atomic E-state index is 0. The van der Waals surface area contributed by atoms with Crippen LogP contribution < -0.4 is 5.32 Å². The van der Waals surface area contributed by atoms with Crippen molar-refractivity contribution in [2.75, 3.05) is 26.2 Å². The minimum atomic E-state index is -0.128. The summed E-state index contributed by atoms with van der Waals surface area (Å²) >= 11 is 6.31. The standard InChI is InChI=1S/C16H24ClFN2.2ClH/c1-3-4-5-14(20-10-8-19-9-11-20)15-13(17)7-6-12(2)16(15)18;;/h6-7,14,19H,3-5,8-11H2,1-2H3;2*1H/t14-;;/m0../s1. The van der Waals surface area contributed by atoms with Crippen LogP contribution in [-0.2, 0) is 0 Å². The Balaban J connectivity index is 0.00000220. The van der Waals surface area contributed by atoms with Gasteiger partial charge >= 0.3 is 0 Å². The summed E-state index contributed by atoms with van der Waals surface area (Å²) in [6, 6.07) is 3.69. The number of hydrogen-bond donors (Lipinski definition) is 1. The number of aryl methyl sites for hydroxylation is 1. The molecule has 0 amide bonds. The molecule has 1 heterocycles. The van der Waals surface area contributed by atoms with Crippen molar-refractivity contribution in [1.29, 1.82) is 0 Å². The summed E-state index contributed by atoms with van der Waals surface area (Å²) in [6.45, 7) is 7.82. The van der Waals surface area contributed by atoms with E-state index in [4.69, 9.17) is 11.6 Å². The number of piperazine rings is 1. The van der Waals surface area contributed by atoms with Gasteiger partial charge in [0.15, 0.2) is 0 Å². The smallest absolute Gasteiger partial charge is 0.132 e.